The molecule has 3 aromatic rings. The van der Waals surface area contributed by atoms with Crippen molar-refractivity contribution in [3.8, 4) is 0 Å². The van der Waals surface area contributed by atoms with Crippen LogP contribution in [0.3, 0.4) is 0 Å². The standard InChI is InChI=1S/C25H21BF9/c1-2-3-13-26(20-10-4-7-17(14-20)23(27,28)29,21-11-5-8-18(15-21)24(30,31)32)22-12-6-9-19(16-22)25(33,34)35/h4-12,14-16H,2-3,13H2,1H3/q-1. The number of benzene rings is 3. The average Bonchev–Trinajstić information content (AvgIpc) is 2.79. The van der Waals surface area contributed by atoms with E-state index in [9.17, 15) is 39.5 Å². The lowest BCUT2D eigenvalue weighted by atomic mass is 9.14. The Morgan fingerprint density at radius 2 is 0.857 bits per heavy atom. The summed E-state index contributed by atoms with van der Waals surface area (Å²) in [6, 6.07) is 12.4. The summed E-state index contributed by atoms with van der Waals surface area (Å²) < 4.78 is 122. The minimum absolute atomic E-state index is 0.0203. The Morgan fingerprint density at radius 3 is 1.11 bits per heavy atom. The second-order valence-corrected chi connectivity index (χ2v) is 8.56. The number of hydrogen-bond donors (Lipinski definition) is 0. The van der Waals surface area contributed by atoms with Crippen LogP contribution in [0.15, 0.2) is 72.8 Å². The van der Waals surface area contributed by atoms with Crippen molar-refractivity contribution >= 4 is 22.5 Å². The van der Waals surface area contributed by atoms with Gasteiger partial charge >= 0.3 is 18.5 Å². The van der Waals surface area contributed by atoms with Gasteiger partial charge in [-0.1, -0.05) is 92.6 Å². The van der Waals surface area contributed by atoms with E-state index in [4.69, 9.17) is 0 Å². The number of hydrogen-bond acceptors (Lipinski definition) is 0. The Bertz CT molecular complexity index is 1020. The molecule has 0 amide bonds. The normalized spacial score (nSPS) is 13.2. The predicted molar refractivity (Wildman–Crippen MR) is 119 cm³/mol. The Hall–Kier alpha value is -2.91. The van der Waals surface area contributed by atoms with E-state index < -0.39 is 41.4 Å². The van der Waals surface area contributed by atoms with Gasteiger partial charge in [-0.05, 0) is 0 Å². The van der Waals surface area contributed by atoms with Crippen LogP contribution in [0, 0.1) is 0 Å². The number of unbranched alkanes of at least 4 members (excludes halogenated alkanes) is 1. The predicted octanol–water partition coefficient (Wildman–Crippen LogP) is 7.01. The highest BCUT2D eigenvalue weighted by atomic mass is 19.4. The summed E-state index contributed by atoms with van der Waals surface area (Å²) in [7, 11) is 0. The quantitative estimate of drug-likeness (QED) is 0.251. The smallest absolute Gasteiger partial charge is 0.199 e. The first-order valence-corrected chi connectivity index (χ1v) is 10.9. The molecular formula is C25H21BF9-. The fourth-order valence-electron chi connectivity index (χ4n) is 4.65. The molecule has 0 saturated heterocycles. The SMILES string of the molecule is CCCC[B-](c1cccc(C(F)(F)F)c1)(c1cccc(C(F)(F)F)c1)c1cccc(C(F)(F)F)c1. The zero-order valence-corrected chi connectivity index (χ0v) is 18.5. The largest absolute Gasteiger partial charge is 0.416 e. The van der Waals surface area contributed by atoms with E-state index in [0.29, 0.717) is 12.8 Å². The van der Waals surface area contributed by atoms with Gasteiger partial charge in [0.1, 0.15) is 0 Å². The average molecular weight is 503 g/mol. The van der Waals surface area contributed by atoms with Crippen LogP contribution in [0.2, 0.25) is 6.32 Å². The fraction of sp³-hybridized carbons (Fsp3) is 0.280. The molecule has 10 heteroatoms. The van der Waals surface area contributed by atoms with Gasteiger partial charge in [-0.15, -0.1) is 0 Å². The molecule has 0 N–H and O–H groups in total. The maximum Gasteiger partial charge on any atom is 0.416 e. The van der Waals surface area contributed by atoms with Gasteiger partial charge in [0, 0.05) is 0 Å². The monoisotopic (exact) mass is 503 g/mol. The van der Waals surface area contributed by atoms with Gasteiger partial charge in [-0.2, -0.15) is 62.2 Å². The van der Waals surface area contributed by atoms with Crippen LogP contribution in [0.4, 0.5) is 39.5 Å². The molecule has 0 aliphatic carbocycles. The minimum Gasteiger partial charge on any atom is -0.199 e. The topological polar surface area (TPSA) is 0 Å². The molecule has 35 heavy (non-hydrogen) atoms. The van der Waals surface area contributed by atoms with Crippen molar-refractivity contribution in [3.63, 3.8) is 0 Å². The lowest BCUT2D eigenvalue weighted by molar-refractivity contribution is -0.138. The van der Waals surface area contributed by atoms with E-state index in [0.717, 1.165) is 54.6 Å². The number of rotatable bonds is 6. The Kier molecular flexibility index (Phi) is 7.34. The lowest BCUT2D eigenvalue weighted by Gasteiger charge is -2.44. The molecule has 0 aromatic heterocycles. The van der Waals surface area contributed by atoms with Gasteiger partial charge in [0.25, 0.3) is 0 Å². The van der Waals surface area contributed by atoms with Crippen molar-refractivity contribution in [1.82, 2.24) is 0 Å². The molecule has 0 heterocycles. The summed E-state index contributed by atoms with van der Waals surface area (Å²) in [5.41, 5.74) is -3.03. The van der Waals surface area contributed by atoms with Crippen LogP contribution in [0.25, 0.3) is 0 Å². The molecule has 0 radical (unpaired) electrons. The van der Waals surface area contributed by atoms with Crippen molar-refractivity contribution in [1.29, 1.82) is 0 Å². The van der Waals surface area contributed by atoms with E-state index in [1.165, 1.54) is 18.2 Å². The third kappa shape index (κ3) is 5.68. The van der Waals surface area contributed by atoms with Crippen molar-refractivity contribution < 1.29 is 39.5 Å². The van der Waals surface area contributed by atoms with Gasteiger partial charge in [0.2, 0.25) is 0 Å². The highest BCUT2D eigenvalue weighted by Crippen LogP contribution is 2.32. The van der Waals surface area contributed by atoms with Crippen LogP contribution in [-0.2, 0) is 18.5 Å². The Morgan fingerprint density at radius 1 is 0.543 bits per heavy atom. The lowest BCUT2D eigenvalue weighted by Crippen LogP contribution is -2.67. The van der Waals surface area contributed by atoms with Gasteiger partial charge < -0.3 is 0 Å². The molecule has 188 valence electrons. The van der Waals surface area contributed by atoms with Crippen LogP contribution in [0.1, 0.15) is 36.5 Å². The third-order valence-corrected chi connectivity index (χ3v) is 6.34. The van der Waals surface area contributed by atoms with Crippen molar-refractivity contribution in [2.24, 2.45) is 0 Å². The van der Waals surface area contributed by atoms with E-state index in [1.54, 1.807) is 6.92 Å². The van der Waals surface area contributed by atoms with Gasteiger partial charge in [-0.3, -0.25) is 0 Å². The summed E-state index contributed by atoms with van der Waals surface area (Å²) in [6.45, 7) is 1.78. The third-order valence-electron chi connectivity index (χ3n) is 6.34. The fourth-order valence-corrected chi connectivity index (χ4v) is 4.65. The molecule has 3 rings (SSSR count). The molecule has 0 aliphatic rings. The zero-order chi connectivity index (χ0) is 26.1. The maximum absolute atomic E-state index is 13.6. The number of alkyl halides is 9. The first-order valence-electron chi connectivity index (χ1n) is 10.9. The summed E-state index contributed by atoms with van der Waals surface area (Å²) >= 11 is 0. The highest BCUT2D eigenvalue weighted by Gasteiger charge is 2.38. The molecule has 3 aromatic carbocycles. The van der Waals surface area contributed by atoms with E-state index >= 15 is 0 Å². The summed E-state index contributed by atoms with van der Waals surface area (Å²) in [4.78, 5) is 0. The molecule has 0 atom stereocenters. The molecule has 0 saturated carbocycles. The molecular weight excluding hydrogens is 482 g/mol. The molecule has 0 aliphatic heterocycles. The van der Waals surface area contributed by atoms with Crippen molar-refractivity contribution in [2.75, 3.05) is 0 Å². The van der Waals surface area contributed by atoms with Crippen LogP contribution >= 0.6 is 0 Å². The number of halogens is 9. The van der Waals surface area contributed by atoms with Crippen molar-refractivity contribution in [2.45, 2.75) is 44.6 Å². The van der Waals surface area contributed by atoms with E-state index in [2.05, 4.69) is 0 Å². The van der Waals surface area contributed by atoms with Crippen LogP contribution < -0.4 is 16.4 Å². The summed E-state index contributed by atoms with van der Waals surface area (Å²) in [5, 5.41) is 0. The van der Waals surface area contributed by atoms with E-state index in [-0.39, 0.29) is 22.7 Å². The Labute approximate surface area is 196 Å². The maximum atomic E-state index is 13.6. The minimum atomic E-state index is -4.75. The van der Waals surface area contributed by atoms with Gasteiger partial charge in [-0.25, -0.2) is 0 Å². The van der Waals surface area contributed by atoms with Crippen molar-refractivity contribution in [3.05, 3.63) is 89.5 Å². The Balaban J connectivity index is 2.43. The molecule has 0 bridgehead atoms. The summed E-state index contributed by atoms with van der Waals surface area (Å²) in [5.74, 6) is 0. The zero-order valence-electron chi connectivity index (χ0n) is 18.5. The first-order chi connectivity index (χ1) is 16.2. The molecule has 0 fully saturated rings. The molecule has 0 unspecified atom stereocenters. The van der Waals surface area contributed by atoms with Gasteiger partial charge in [0.05, 0.1) is 22.8 Å². The van der Waals surface area contributed by atoms with Crippen LogP contribution in [0.5, 0.6) is 0 Å². The van der Waals surface area contributed by atoms with E-state index in [1.807, 2.05) is 0 Å². The molecule has 0 spiro atoms. The first kappa shape index (κ1) is 26.7. The highest BCUT2D eigenvalue weighted by molar-refractivity contribution is 7.11. The second-order valence-electron chi connectivity index (χ2n) is 8.56. The molecule has 0 nitrogen and oxygen atoms in total. The van der Waals surface area contributed by atoms with Crippen LogP contribution in [-0.4, -0.2) is 6.15 Å². The van der Waals surface area contributed by atoms with Gasteiger partial charge in [0.15, 0.2) is 0 Å². The second kappa shape index (κ2) is 9.62. The summed E-state index contributed by atoms with van der Waals surface area (Å²) in [6.07, 6.45) is -15.9.